The Morgan fingerprint density at radius 2 is 2.12 bits per heavy atom. The molecular formula is C19H21N3O4. The van der Waals surface area contributed by atoms with Crippen LogP contribution in [0.3, 0.4) is 0 Å². The van der Waals surface area contributed by atoms with Crippen LogP contribution in [0.4, 0.5) is 5.69 Å². The SMILES string of the molecule is COc1ccc(CCCC(=O)NN=Cc2cccc([N+](=O)[O-])c2)cc1C. The molecule has 0 atom stereocenters. The van der Waals surface area contributed by atoms with Crippen molar-refractivity contribution < 1.29 is 14.5 Å². The molecule has 0 unspecified atom stereocenters. The number of benzene rings is 2. The Kier molecular flexibility index (Phi) is 6.84. The first-order valence-electron chi connectivity index (χ1n) is 8.19. The Hall–Kier alpha value is -3.22. The lowest BCUT2D eigenvalue weighted by Gasteiger charge is -2.07. The largest absolute Gasteiger partial charge is 0.496 e. The Bertz CT molecular complexity index is 818. The molecule has 136 valence electrons. The summed E-state index contributed by atoms with van der Waals surface area (Å²) >= 11 is 0. The van der Waals surface area contributed by atoms with Crippen LogP contribution in [-0.4, -0.2) is 24.2 Å². The van der Waals surface area contributed by atoms with Crippen LogP contribution in [0.2, 0.25) is 0 Å². The number of hydrogen-bond acceptors (Lipinski definition) is 5. The van der Waals surface area contributed by atoms with Crippen molar-refractivity contribution in [2.24, 2.45) is 5.10 Å². The number of rotatable bonds is 8. The summed E-state index contributed by atoms with van der Waals surface area (Å²) in [4.78, 5) is 22.0. The number of nitrogens with zero attached hydrogens (tertiary/aromatic N) is 2. The number of nitro groups is 1. The molecule has 0 aliphatic rings. The Morgan fingerprint density at radius 1 is 1.31 bits per heavy atom. The fraction of sp³-hybridized carbons (Fsp3) is 0.263. The lowest BCUT2D eigenvalue weighted by atomic mass is 10.1. The molecule has 0 spiro atoms. The summed E-state index contributed by atoms with van der Waals surface area (Å²) in [6, 6.07) is 12.0. The number of amides is 1. The number of non-ortho nitro benzene ring substituents is 1. The summed E-state index contributed by atoms with van der Waals surface area (Å²) in [6.45, 7) is 1.98. The third-order valence-electron chi connectivity index (χ3n) is 3.81. The highest BCUT2D eigenvalue weighted by Gasteiger charge is 2.05. The Morgan fingerprint density at radius 3 is 2.81 bits per heavy atom. The maximum Gasteiger partial charge on any atom is 0.270 e. The first-order chi connectivity index (χ1) is 12.5. The number of nitrogens with one attached hydrogen (secondary N) is 1. The molecule has 26 heavy (non-hydrogen) atoms. The fourth-order valence-electron chi connectivity index (χ4n) is 2.50. The van der Waals surface area contributed by atoms with Crippen molar-refractivity contribution in [3.8, 4) is 5.75 Å². The number of hydrazone groups is 1. The van der Waals surface area contributed by atoms with E-state index in [9.17, 15) is 14.9 Å². The van der Waals surface area contributed by atoms with Crippen LogP contribution in [0.15, 0.2) is 47.6 Å². The van der Waals surface area contributed by atoms with Gasteiger partial charge in [-0.2, -0.15) is 5.10 Å². The normalized spacial score (nSPS) is 10.7. The van der Waals surface area contributed by atoms with Crippen molar-refractivity contribution in [3.05, 3.63) is 69.3 Å². The standard InChI is InChI=1S/C19H21N3O4/c1-14-11-15(9-10-18(14)26-2)5-4-8-19(23)21-20-13-16-6-3-7-17(12-16)22(24)25/h3,6-7,9-13H,4-5,8H2,1-2H3,(H,21,23). The highest BCUT2D eigenvalue weighted by atomic mass is 16.6. The van der Waals surface area contributed by atoms with Crippen molar-refractivity contribution >= 4 is 17.8 Å². The molecule has 0 fully saturated rings. The summed E-state index contributed by atoms with van der Waals surface area (Å²) in [5.74, 6) is 0.652. The maximum atomic E-state index is 11.8. The predicted octanol–water partition coefficient (Wildman–Crippen LogP) is 3.38. The molecule has 7 nitrogen and oxygen atoms in total. The number of aryl methyl sites for hydroxylation is 2. The molecule has 1 amide bonds. The second kappa shape index (κ2) is 9.31. The van der Waals surface area contributed by atoms with Crippen LogP contribution in [0.1, 0.15) is 29.5 Å². The molecule has 7 heteroatoms. The van der Waals surface area contributed by atoms with E-state index in [0.717, 1.165) is 23.3 Å². The average Bonchev–Trinajstić information content (AvgIpc) is 2.62. The van der Waals surface area contributed by atoms with Gasteiger partial charge in [0.15, 0.2) is 0 Å². The average molecular weight is 355 g/mol. The van der Waals surface area contributed by atoms with Crippen molar-refractivity contribution in [1.29, 1.82) is 0 Å². The van der Waals surface area contributed by atoms with Gasteiger partial charge >= 0.3 is 0 Å². The minimum atomic E-state index is -0.475. The van der Waals surface area contributed by atoms with Crippen LogP contribution in [-0.2, 0) is 11.2 Å². The summed E-state index contributed by atoms with van der Waals surface area (Å²) in [5.41, 5.74) is 5.18. The highest BCUT2D eigenvalue weighted by Crippen LogP contribution is 2.19. The lowest BCUT2D eigenvalue weighted by molar-refractivity contribution is -0.384. The number of carbonyl (C=O) groups is 1. The zero-order valence-electron chi connectivity index (χ0n) is 14.8. The van der Waals surface area contributed by atoms with Gasteiger partial charge in [-0.3, -0.25) is 14.9 Å². The van der Waals surface area contributed by atoms with Gasteiger partial charge in [-0.15, -0.1) is 0 Å². The maximum absolute atomic E-state index is 11.8. The molecule has 2 rings (SSSR count). The Balaban J connectivity index is 1.77. The molecule has 0 radical (unpaired) electrons. The summed E-state index contributed by atoms with van der Waals surface area (Å²) < 4.78 is 5.23. The monoisotopic (exact) mass is 355 g/mol. The van der Waals surface area contributed by atoms with E-state index >= 15 is 0 Å². The number of ether oxygens (including phenoxy) is 1. The molecule has 2 aromatic rings. The van der Waals surface area contributed by atoms with Gasteiger partial charge in [0, 0.05) is 24.1 Å². The van der Waals surface area contributed by atoms with Crippen molar-refractivity contribution in [2.75, 3.05) is 7.11 Å². The van der Waals surface area contributed by atoms with Gasteiger partial charge < -0.3 is 4.74 Å². The third kappa shape index (κ3) is 5.70. The van der Waals surface area contributed by atoms with Gasteiger partial charge in [-0.05, 0) is 37.0 Å². The van der Waals surface area contributed by atoms with Gasteiger partial charge in [0.2, 0.25) is 5.91 Å². The summed E-state index contributed by atoms with van der Waals surface area (Å²) in [6.07, 6.45) is 3.21. The van der Waals surface area contributed by atoms with Crippen LogP contribution >= 0.6 is 0 Å². The zero-order chi connectivity index (χ0) is 18.9. The minimum absolute atomic E-state index is 0.0185. The number of methoxy groups -OCH3 is 1. The highest BCUT2D eigenvalue weighted by molar-refractivity contribution is 5.83. The van der Waals surface area contributed by atoms with E-state index in [2.05, 4.69) is 16.6 Å². The van der Waals surface area contributed by atoms with E-state index in [0.29, 0.717) is 18.4 Å². The molecule has 2 aromatic carbocycles. The van der Waals surface area contributed by atoms with Gasteiger partial charge in [0.25, 0.3) is 5.69 Å². The molecule has 0 saturated heterocycles. The van der Waals surface area contributed by atoms with E-state index < -0.39 is 4.92 Å². The summed E-state index contributed by atoms with van der Waals surface area (Å²) in [5, 5.41) is 14.6. The van der Waals surface area contributed by atoms with Gasteiger partial charge in [-0.25, -0.2) is 5.43 Å². The molecule has 0 aromatic heterocycles. The molecular weight excluding hydrogens is 334 g/mol. The van der Waals surface area contributed by atoms with Crippen molar-refractivity contribution in [2.45, 2.75) is 26.2 Å². The Labute approximate surface area is 151 Å². The van der Waals surface area contributed by atoms with Gasteiger partial charge in [0.05, 0.1) is 18.2 Å². The molecule has 0 heterocycles. The van der Waals surface area contributed by atoms with E-state index in [4.69, 9.17) is 4.74 Å². The second-order valence-electron chi connectivity index (χ2n) is 5.80. The molecule has 1 N–H and O–H groups in total. The number of nitro benzene ring substituents is 1. The minimum Gasteiger partial charge on any atom is -0.496 e. The molecule has 0 aliphatic carbocycles. The zero-order valence-corrected chi connectivity index (χ0v) is 14.8. The van der Waals surface area contributed by atoms with Crippen molar-refractivity contribution in [3.63, 3.8) is 0 Å². The number of carbonyl (C=O) groups excluding carboxylic acids is 1. The van der Waals surface area contributed by atoms with Gasteiger partial charge in [0.1, 0.15) is 5.75 Å². The predicted molar refractivity (Wildman–Crippen MR) is 99.5 cm³/mol. The smallest absolute Gasteiger partial charge is 0.270 e. The van der Waals surface area contributed by atoms with Crippen LogP contribution in [0.25, 0.3) is 0 Å². The van der Waals surface area contributed by atoms with E-state index in [-0.39, 0.29) is 11.6 Å². The first kappa shape index (κ1) is 19.1. The topological polar surface area (TPSA) is 93.8 Å². The first-order valence-corrected chi connectivity index (χ1v) is 8.19. The van der Waals surface area contributed by atoms with Crippen molar-refractivity contribution in [1.82, 2.24) is 5.43 Å². The second-order valence-corrected chi connectivity index (χ2v) is 5.80. The lowest BCUT2D eigenvalue weighted by Crippen LogP contribution is -2.17. The van der Waals surface area contributed by atoms with E-state index in [1.165, 1.54) is 18.3 Å². The molecule has 0 bridgehead atoms. The van der Waals surface area contributed by atoms with E-state index in [1.807, 2.05) is 19.1 Å². The van der Waals surface area contributed by atoms with Crippen LogP contribution in [0.5, 0.6) is 5.75 Å². The quantitative estimate of drug-likeness (QED) is 0.446. The molecule has 0 aliphatic heterocycles. The van der Waals surface area contributed by atoms with Crippen LogP contribution < -0.4 is 10.2 Å². The molecule has 0 saturated carbocycles. The summed E-state index contributed by atoms with van der Waals surface area (Å²) in [7, 11) is 1.64. The van der Waals surface area contributed by atoms with E-state index in [1.54, 1.807) is 19.2 Å². The third-order valence-corrected chi connectivity index (χ3v) is 3.81. The fourth-order valence-corrected chi connectivity index (χ4v) is 2.50. The van der Waals surface area contributed by atoms with Gasteiger partial charge in [-0.1, -0.05) is 24.3 Å². The number of hydrogen-bond donors (Lipinski definition) is 1. The van der Waals surface area contributed by atoms with Crippen LogP contribution in [0, 0.1) is 17.0 Å².